The predicted octanol–water partition coefficient (Wildman–Crippen LogP) is 3.33. The molecular weight excluding hydrogens is 225 g/mol. The molecule has 0 heterocycles. The van der Waals surface area contributed by atoms with Crippen LogP contribution in [0.25, 0.3) is 0 Å². The lowest BCUT2D eigenvalue weighted by atomic mass is 9.79. The summed E-state index contributed by atoms with van der Waals surface area (Å²) in [5.74, 6) is 0. The van der Waals surface area contributed by atoms with E-state index in [9.17, 15) is 21.7 Å². The van der Waals surface area contributed by atoms with Gasteiger partial charge in [0, 0.05) is 10.6 Å². The Balaban J connectivity index is 3.22. The van der Waals surface area contributed by atoms with Crippen molar-refractivity contribution >= 4 is 24.0 Å². The topological polar surface area (TPSA) is 0 Å². The highest BCUT2D eigenvalue weighted by atomic mass is 35.5. The van der Waals surface area contributed by atoms with Crippen molar-refractivity contribution in [2.75, 3.05) is 0 Å². The summed E-state index contributed by atoms with van der Waals surface area (Å²) in [5, 5.41) is -0.554. The first-order valence-corrected chi connectivity index (χ1v) is 3.97. The molecule has 0 spiro atoms. The van der Waals surface area contributed by atoms with Crippen LogP contribution < -0.4 is 5.46 Å². The number of rotatable bonds is 2. The third kappa shape index (κ3) is 2.38. The van der Waals surface area contributed by atoms with Crippen LogP contribution in [0.1, 0.15) is 12.0 Å². The van der Waals surface area contributed by atoms with E-state index < -0.39 is 29.5 Å². The van der Waals surface area contributed by atoms with E-state index in [0.29, 0.717) is 6.07 Å². The van der Waals surface area contributed by atoms with E-state index in [1.54, 1.807) is 0 Å². The highest BCUT2D eigenvalue weighted by Gasteiger charge is 2.28. The summed E-state index contributed by atoms with van der Waals surface area (Å²) in [7, 11) is 0. The van der Waals surface area contributed by atoms with Crippen LogP contribution in [0.2, 0.25) is 5.02 Å². The molecule has 0 radical (unpaired) electrons. The molecule has 7 heteroatoms. The molecule has 1 aromatic carbocycles. The monoisotopic (exact) mass is 229 g/mol. The summed E-state index contributed by atoms with van der Waals surface area (Å²) in [4.78, 5) is 0. The summed E-state index contributed by atoms with van der Waals surface area (Å²) in [6.45, 7) is -5.34. The number of hydrogen-bond acceptors (Lipinski definition) is 0. The van der Waals surface area contributed by atoms with E-state index in [0.717, 1.165) is 12.1 Å². The Morgan fingerprint density at radius 1 is 1.14 bits per heavy atom. The van der Waals surface area contributed by atoms with Crippen molar-refractivity contribution < 1.29 is 21.7 Å². The molecule has 0 saturated carbocycles. The van der Waals surface area contributed by atoms with Crippen LogP contribution in [0.5, 0.6) is 0 Å². The SMILES string of the molecule is FC(F)c1ccc(Cl)c([B-](F)(F)F)c1. The third-order valence-electron chi connectivity index (χ3n) is 1.62. The molecule has 0 aliphatic heterocycles. The van der Waals surface area contributed by atoms with E-state index in [1.807, 2.05) is 0 Å². The normalized spacial score (nSPS) is 12.2. The lowest BCUT2D eigenvalue weighted by Gasteiger charge is -2.17. The zero-order valence-electron chi connectivity index (χ0n) is 6.65. The second-order valence-corrected chi connectivity index (χ2v) is 3.06. The number of halogens is 6. The van der Waals surface area contributed by atoms with Crippen molar-refractivity contribution in [1.29, 1.82) is 0 Å². The molecule has 0 aliphatic rings. The Hall–Kier alpha value is -0.775. The van der Waals surface area contributed by atoms with Crippen LogP contribution in [-0.4, -0.2) is 6.98 Å². The van der Waals surface area contributed by atoms with Gasteiger partial charge in [-0.1, -0.05) is 29.2 Å². The smallest absolute Gasteiger partial charge is 0.445 e. The Morgan fingerprint density at radius 2 is 1.71 bits per heavy atom. The van der Waals surface area contributed by atoms with Crippen LogP contribution in [-0.2, 0) is 0 Å². The molecule has 0 amide bonds. The third-order valence-corrected chi connectivity index (χ3v) is 1.97. The van der Waals surface area contributed by atoms with Gasteiger partial charge in [0.1, 0.15) is 0 Å². The predicted molar refractivity (Wildman–Crippen MR) is 45.1 cm³/mol. The Morgan fingerprint density at radius 3 is 2.14 bits per heavy atom. The van der Waals surface area contributed by atoms with Gasteiger partial charge in [-0.2, -0.15) is 0 Å². The molecule has 0 nitrogen and oxygen atoms in total. The van der Waals surface area contributed by atoms with Gasteiger partial charge in [0.25, 0.3) is 6.43 Å². The standard InChI is InChI=1S/C7H4BClF5/c9-6-2-1-4(7(10)11)3-5(6)8(12,13)14/h1-3,7H/q-1. The van der Waals surface area contributed by atoms with Gasteiger partial charge in [0.05, 0.1) is 0 Å². The average Bonchev–Trinajstić information content (AvgIpc) is 2.02. The Labute approximate surface area is 81.7 Å². The first-order chi connectivity index (χ1) is 6.32. The van der Waals surface area contributed by atoms with E-state index in [4.69, 9.17) is 11.6 Å². The van der Waals surface area contributed by atoms with Crippen molar-refractivity contribution in [1.82, 2.24) is 0 Å². The van der Waals surface area contributed by atoms with E-state index >= 15 is 0 Å². The van der Waals surface area contributed by atoms with Crippen molar-refractivity contribution in [3.8, 4) is 0 Å². The molecule has 0 aliphatic carbocycles. The Bertz CT molecular complexity index is 335. The lowest BCUT2D eigenvalue weighted by molar-refractivity contribution is 0.151. The molecular formula is C7H4BClF5-. The van der Waals surface area contributed by atoms with Gasteiger partial charge < -0.3 is 12.9 Å². The fourth-order valence-electron chi connectivity index (χ4n) is 0.949. The molecule has 0 aromatic heterocycles. The van der Waals surface area contributed by atoms with Crippen molar-refractivity contribution in [3.63, 3.8) is 0 Å². The van der Waals surface area contributed by atoms with Gasteiger partial charge in [-0.25, -0.2) is 8.78 Å². The summed E-state index contributed by atoms with van der Waals surface area (Å²) < 4.78 is 60.8. The highest BCUT2D eigenvalue weighted by molar-refractivity contribution is 6.75. The fraction of sp³-hybridized carbons (Fsp3) is 0.143. The van der Waals surface area contributed by atoms with Crippen LogP contribution >= 0.6 is 11.6 Å². The van der Waals surface area contributed by atoms with E-state index in [-0.39, 0.29) is 0 Å². The first-order valence-electron chi connectivity index (χ1n) is 3.60. The molecule has 0 fully saturated rings. The minimum absolute atomic E-state index is 0.382. The molecule has 78 valence electrons. The molecule has 0 N–H and O–H groups in total. The van der Waals surface area contributed by atoms with E-state index in [2.05, 4.69) is 0 Å². The highest BCUT2D eigenvalue weighted by Crippen LogP contribution is 2.23. The molecule has 0 bridgehead atoms. The maximum atomic E-state index is 12.2. The van der Waals surface area contributed by atoms with E-state index in [1.165, 1.54) is 0 Å². The second kappa shape index (κ2) is 3.77. The lowest BCUT2D eigenvalue weighted by Crippen LogP contribution is -2.35. The minimum Gasteiger partial charge on any atom is -0.445 e. The van der Waals surface area contributed by atoms with Gasteiger partial charge in [-0.3, -0.25) is 0 Å². The first kappa shape index (κ1) is 11.3. The summed E-state index contributed by atoms with van der Waals surface area (Å²) in [6, 6.07) is 2.08. The zero-order valence-corrected chi connectivity index (χ0v) is 7.41. The van der Waals surface area contributed by atoms with Crippen molar-refractivity contribution in [2.45, 2.75) is 6.43 Å². The molecule has 0 saturated heterocycles. The summed E-state index contributed by atoms with van der Waals surface area (Å²) in [5.41, 5.74) is -1.85. The van der Waals surface area contributed by atoms with Crippen LogP contribution in [0.3, 0.4) is 0 Å². The van der Waals surface area contributed by atoms with Crippen LogP contribution in [0.4, 0.5) is 21.7 Å². The van der Waals surface area contributed by atoms with Gasteiger partial charge in [-0.15, -0.1) is 0 Å². The summed E-state index contributed by atoms with van der Waals surface area (Å²) >= 11 is 5.24. The molecule has 0 unspecified atom stereocenters. The molecule has 1 aromatic rings. The molecule has 1 rings (SSSR count). The summed E-state index contributed by atoms with van der Waals surface area (Å²) in [6.07, 6.45) is -2.93. The fourth-order valence-corrected chi connectivity index (χ4v) is 1.19. The molecule has 0 atom stereocenters. The second-order valence-electron chi connectivity index (χ2n) is 2.66. The van der Waals surface area contributed by atoms with Gasteiger partial charge in [-0.05, 0) is 6.07 Å². The molecule has 14 heavy (non-hydrogen) atoms. The quantitative estimate of drug-likeness (QED) is 0.539. The van der Waals surface area contributed by atoms with Gasteiger partial charge in [0.15, 0.2) is 0 Å². The average molecular weight is 229 g/mol. The van der Waals surface area contributed by atoms with Crippen molar-refractivity contribution in [2.24, 2.45) is 0 Å². The Kier molecular flexibility index (Phi) is 3.04. The number of alkyl halides is 2. The maximum Gasteiger partial charge on any atom is 0.511 e. The number of benzene rings is 1. The minimum atomic E-state index is -5.34. The van der Waals surface area contributed by atoms with Gasteiger partial charge in [0.2, 0.25) is 0 Å². The zero-order chi connectivity index (χ0) is 10.9. The van der Waals surface area contributed by atoms with Crippen LogP contribution in [0, 0.1) is 0 Å². The van der Waals surface area contributed by atoms with Crippen LogP contribution in [0.15, 0.2) is 18.2 Å². The largest absolute Gasteiger partial charge is 0.511 e. The van der Waals surface area contributed by atoms with Crippen molar-refractivity contribution in [3.05, 3.63) is 28.8 Å². The maximum absolute atomic E-state index is 12.2. The van der Waals surface area contributed by atoms with Gasteiger partial charge >= 0.3 is 6.98 Å². The number of hydrogen-bond donors (Lipinski definition) is 0.